The van der Waals surface area contributed by atoms with Gasteiger partial charge in [0, 0.05) is 41.9 Å². The van der Waals surface area contributed by atoms with E-state index < -0.39 is 0 Å². The molecule has 0 radical (unpaired) electrons. The molecule has 1 unspecified atom stereocenters. The highest BCUT2D eigenvalue weighted by Crippen LogP contribution is 2.22. The van der Waals surface area contributed by atoms with E-state index in [4.69, 9.17) is 0 Å². The molecule has 2 N–H and O–H groups in total. The number of carbonyl (C=O) groups excluding carboxylic acids is 3. The number of likely N-dealkylation sites (tertiary alicyclic amines) is 1. The zero-order chi connectivity index (χ0) is 20.2. The number of carbonyl (C=O) groups is 3. The van der Waals surface area contributed by atoms with E-state index in [1.54, 1.807) is 24.3 Å². The molecule has 2 aliphatic heterocycles. The van der Waals surface area contributed by atoms with Crippen LogP contribution < -0.4 is 10.6 Å². The third-order valence-corrected chi connectivity index (χ3v) is 6.58. The Bertz CT molecular complexity index is 777. The fourth-order valence-corrected chi connectivity index (χ4v) is 4.81. The summed E-state index contributed by atoms with van der Waals surface area (Å²) in [6.07, 6.45) is 3.82. The molecule has 3 aliphatic rings. The Balaban J connectivity index is 1.32. The average molecular weight is 417 g/mol. The van der Waals surface area contributed by atoms with Crippen LogP contribution in [0.3, 0.4) is 0 Å². The zero-order valence-electron chi connectivity index (χ0n) is 16.6. The molecule has 3 fully saturated rings. The van der Waals surface area contributed by atoms with Gasteiger partial charge in [0.15, 0.2) is 0 Å². The van der Waals surface area contributed by atoms with Crippen LogP contribution in [0.1, 0.15) is 36.0 Å². The molecule has 8 heteroatoms. The van der Waals surface area contributed by atoms with Crippen LogP contribution in [0.25, 0.3) is 0 Å². The molecule has 0 aromatic heterocycles. The average Bonchev–Trinajstić information content (AvgIpc) is 3.43. The summed E-state index contributed by atoms with van der Waals surface area (Å²) in [6.45, 7) is 2.55. The number of hydrogen-bond donors (Lipinski definition) is 2. The maximum atomic E-state index is 12.9. The fourth-order valence-electron chi connectivity index (χ4n) is 3.91. The van der Waals surface area contributed by atoms with E-state index in [1.807, 2.05) is 21.6 Å². The molecule has 2 saturated heterocycles. The smallest absolute Gasteiger partial charge is 0.251 e. The lowest BCUT2D eigenvalue weighted by molar-refractivity contribution is -0.136. The molecule has 7 nitrogen and oxygen atoms in total. The molecule has 0 spiro atoms. The summed E-state index contributed by atoms with van der Waals surface area (Å²) in [5, 5.41) is 5.84. The second-order valence-electron chi connectivity index (χ2n) is 7.94. The monoisotopic (exact) mass is 416 g/mol. The predicted octanol–water partition coefficient (Wildman–Crippen LogP) is 1.56. The minimum atomic E-state index is -0.195. The van der Waals surface area contributed by atoms with Gasteiger partial charge in [-0.2, -0.15) is 11.8 Å². The minimum Gasteiger partial charge on any atom is -0.349 e. The Hall–Kier alpha value is -2.06. The highest BCUT2D eigenvalue weighted by atomic mass is 32.2. The van der Waals surface area contributed by atoms with Crippen molar-refractivity contribution in [3.63, 3.8) is 0 Å². The minimum absolute atomic E-state index is 0.103. The van der Waals surface area contributed by atoms with Gasteiger partial charge in [-0.05, 0) is 50.4 Å². The van der Waals surface area contributed by atoms with Crippen LogP contribution in [-0.4, -0.2) is 77.3 Å². The van der Waals surface area contributed by atoms with Crippen LogP contribution in [0.15, 0.2) is 24.3 Å². The summed E-state index contributed by atoms with van der Waals surface area (Å²) in [5.41, 5.74) is 1.15. The van der Waals surface area contributed by atoms with Gasteiger partial charge < -0.3 is 15.5 Å². The van der Waals surface area contributed by atoms with Crippen LogP contribution in [0.4, 0.5) is 5.69 Å². The van der Waals surface area contributed by atoms with Crippen molar-refractivity contribution < 1.29 is 14.4 Å². The van der Waals surface area contributed by atoms with Crippen molar-refractivity contribution in [3.05, 3.63) is 29.8 Å². The lowest BCUT2D eigenvalue weighted by atomic mass is 10.1. The number of rotatable bonds is 6. The second kappa shape index (κ2) is 9.17. The number of amides is 3. The van der Waals surface area contributed by atoms with Gasteiger partial charge in [0.2, 0.25) is 11.8 Å². The summed E-state index contributed by atoms with van der Waals surface area (Å²) in [5.74, 6) is 1.88. The molecule has 1 atom stereocenters. The number of thioether (sulfide) groups is 1. The Labute approximate surface area is 175 Å². The van der Waals surface area contributed by atoms with Gasteiger partial charge >= 0.3 is 0 Å². The quantitative estimate of drug-likeness (QED) is 0.736. The van der Waals surface area contributed by atoms with Gasteiger partial charge in [0.05, 0.1) is 12.6 Å². The van der Waals surface area contributed by atoms with E-state index in [0.29, 0.717) is 17.3 Å². The van der Waals surface area contributed by atoms with Crippen LogP contribution in [0.2, 0.25) is 0 Å². The van der Waals surface area contributed by atoms with Gasteiger partial charge in [-0.1, -0.05) is 6.07 Å². The SMILES string of the molecule is O=C(CN1CCCC1C(=O)N1CCSCC1)Nc1cccc(C(=O)NC2CC2)c1. The lowest BCUT2D eigenvalue weighted by Crippen LogP contribution is -2.49. The van der Waals surface area contributed by atoms with Gasteiger partial charge in [-0.25, -0.2) is 0 Å². The van der Waals surface area contributed by atoms with Crippen molar-refractivity contribution >= 4 is 35.2 Å². The maximum Gasteiger partial charge on any atom is 0.251 e. The lowest BCUT2D eigenvalue weighted by Gasteiger charge is -2.32. The third-order valence-electron chi connectivity index (χ3n) is 5.64. The van der Waals surface area contributed by atoms with Crippen molar-refractivity contribution in [2.75, 3.05) is 43.0 Å². The predicted molar refractivity (Wildman–Crippen MR) is 114 cm³/mol. The van der Waals surface area contributed by atoms with Gasteiger partial charge in [0.25, 0.3) is 5.91 Å². The Morgan fingerprint density at radius 2 is 1.86 bits per heavy atom. The first-order valence-corrected chi connectivity index (χ1v) is 11.6. The fraction of sp³-hybridized carbons (Fsp3) is 0.571. The highest BCUT2D eigenvalue weighted by Gasteiger charge is 2.35. The summed E-state index contributed by atoms with van der Waals surface area (Å²) in [4.78, 5) is 41.6. The van der Waals surface area contributed by atoms with Crippen LogP contribution in [0, 0.1) is 0 Å². The molecule has 3 amide bonds. The third kappa shape index (κ3) is 5.30. The Morgan fingerprint density at radius 1 is 1.07 bits per heavy atom. The van der Waals surface area contributed by atoms with E-state index in [2.05, 4.69) is 10.6 Å². The van der Waals surface area contributed by atoms with E-state index in [9.17, 15) is 14.4 Å². The van der Waals surface area contributed by atoms with Crippen molar-refractivity contribution in [2.45, 2.75) is 37.8 Å². The molecular weight excluding hydrogens is 388 g/mol. The molecule has 29 heavy (non-hydrogen) atoms. The molecule has 1 saturated carbocycles. The summed E-state index contributed by atoms with van der Waals surface area (Å²) in [7, 11) is 0. The summed E-state index contributed by atoms with van der Waals surface area (Å²) < 4.78 is 0. The van der Waals surface area contributed by atoms with Crippen molar-refractivity contribution in [3.8, 4) is 0 Å². The maximum absolute atomic E-state index is 12.9. The topological polar surface area (TPSA) is 81.8 Å². The molecule has 1 aromatic carbocycles. The first kappa shape index (κ1) is 20.2. The van der Waals surface area contributed by atoms with Gasteiger partial charge in [-0.3, -0.25) is 19.3 Å². The van der Waals surface area contributed by atoms with E-state index in [-0.39, 0.29) is 30.3 Å². The number of benzene rings is 1. The normalized spacial score (nSPS) is 22.3. The molecule has 0 bridgehead atoms. The Kier molecular flexibility index (Phi) is 6.40. The molecular formula is C21H28N4O3S. The number of nitrogens with zero attached hydrogens (tertiary/aromatic N) is 2. The van der Waals surface area contributed by atoms with Crippen LogP contribution in [0.5, 0.6) is 0 Å². The van der Waals surface area contributed by atoms with Crippen molar-refractivity contribution in [1.82, 2.24) is 15.1 Å². The molecule has 156 valence electrons. The van der Waals surface area contributed by atoms with Crippen LogP contribution >= 0.6 is 11.8 Å². The molecule has 1 aliphatic carbocycles. The summed E-state index contributed by atoms with van der Waals surface area (Å²) >= 11 is 1.88. The van der Waals surface area contributed by atoms with E-state index >= 15 is 0 Å². The van der Waals surface area contributed by atoms with Gasteiger partial charge in [-0.15, -0.1) is 0 Å². The molecule has 1 aromatic rings. The Morgan fingerprint density at radius 3 is 2.62 bits per heavy atom. The number of anilines is 1. The number of nitrogens with one attached hydrogen (secondary N) is 2. The molecule has 4 rings (SSSR count). The van der Waals surface area contributed by atoms with Gasteiger partial charge in [0.1, 0.15) is 0 Å². The first-order chi connectivity index (χ1) is 14.1. The highest BCUT2D eigenvalue weighted by molar-refractivity contribution is 7.99. The standard InChI is InChI=1S/C21H28N4O3S/c26-19(22-17-4-1-3-15(13-17)20(27)23-16-6-7-16)14-25-8-2-5-18(25)21(28)24-9-11-29-12-10-24/h1,3-4,13,16,18H,2,5-12,14H2,(H,22,26)(H,23,27). The molecule has 2 heterocycles. The largest absolute Gasteiger partial charge is 0.349 e. The second-order valence-corrected chi connectivity index (χ2v) is 9.17. The van der Waals surface area contributed by atoms with Crippen molar-refractivity contribution in [2.24, 2.45) is 0 Å². The summed E-state index contributed by atoms with van der Waals surface area (Å²) in [6, 6.07) is 7.11. The van der Waals surface area contributed by atoms with E-state index in [0.717, 1.165) is 56.8 Å². The first-order valence-electron chi connectivity index (χ1n) is 10.4. The number of hydrogen-bond acceptors (Lipinski definition) is 5. The van der Waals surface area contributed by atoms with Crippen LogP contribution in [-0.2, 0) is 9.59 Å². The van der Waals surface area contributed by atoms with Crippen molar-refractivity contribution in [1.29, 1.82) is 0 Å². The van der Waals surface area contributed by atoms with E-state index in [1.165, 1.54) is 0 Å². The zero-order valence-corrected chi connectivity index (χ0v) is 17.4.